The van der Waals surface area contributed by atoms with Crippen molar-refractivity contribution in [2.45, 2.75) is 232 Å². The zero-order valence-corrected chi connectivity index (χ0v) is 69.1. The normalized spacial score (nSPS) is 14.3. The molecule has 5 aromatic carbocycles. The van der Waals surface area contributed by atoms with Crippen molar-refractivity contribution in [3.8, 4) is 22.9 Å². The van der Waals surface area contributed by atoms with Crippen molar-refractivity contribution < 1.29 is 70.6 Å². The summed E-state index contributed by atoms with van der Waals surface area (Å²) in [4.78, 5) is 92.7. The first-order chi connectivity index (χ1) is 54.5. The Labute approximate surface area is 675 Å². The van der Waals surface area contributed by atoms with E-state index in [4.69, 9.17) is 32.7 Å². The highest BCUT2D eigenvalue weighted by Gasteiger charge is 2.54. The topological polar surface area (TPSA) is 259 Å². The van der Waals surface area contributed by atoms with Crippen molar-refractivity contribution in [1.82, 2.24) is 25.0 Å². The molecule has 0 saturated carbocycles. The number of carbonyl (C=O) groups excluding carboxylic acids is 5. The van der Waals surface area contributed by atoms with E-state index in [9.17, 15) is 33.4 Å². The summed E-state index contributed by atoms with van der Waals surface area (Å²) in [5, 5.41) is 13.5. The van der Waals surface area contributed by atoms with Gasteiger partial charge in [-0.1, -0.05) is 237 Å². The van der Waals surface area contributed by atoms with Gasteiger partial charge in [0.1, 0.15) is 59.3 Å². The fourth-order valence-electron chi connectivity index (χ4n) is 13.6. The average Bonchev–Trinajstić information content (AvgIpc) is 1.50. The zero-order chi connectivity index (χ0) is 78.8. The van der Waals surface area contributed by atoms with Crippen LogP contribution in [0.4, 0.5) is 5.69 Å². The Bertz CT molecular complexity index is 4230. The standard InChI is InChI=1S/C86H106N7O14PS4/c1-5-7-9-11-13-15-17-19-21-23-25-27-29-45-81(94)101-62-68(104-82(95)46-30-28-26-24-22-20-18-16-14-12-10-8-6-2)63-103-108(99,100)102-56-55-93(3,4)61-65-60-92(91-90-65)66-48-51-72-71(58-66)85(98)107-86(72)73-50-47-64(89-83(96)69-39-31-33-41-77(69)109-111-79-43-35-37-53-87-79)57-75(73)106-76-59-67(49-52-74(76)86)105-84(97)70-40-32-34-42-78(70)110-112-80-44-36-38-54-88-80/h31-44,47-54,57-60,68H,5-30,45-46,55-56,61-63H2,1-4H3,(H-,89,96,99,100). The molecular weight excluding hydrogens is 1510 g/mol. The predicted octanol–water partition coefficient (Wildman–Crippen LogP) is 21.2. The van der Waals surface area contributed by atoms with Crippen LogP contribution in [0.1, 0.15) is 247 Å². The van der Waals surface area contributed by atoms with Crippen LogP contribution in [0.25, 0.3) is 5.69 Å². The molecule has 112 heavy (non-hydrogen) atoms. The molecule has 0 fully saturated rings. The Hall–Kier alpha value is -7.84. The molecule has 26 heteroatoms. The van der Waals surface area contributed by atoms with Crippen molar-refractivity contribution in [1.29, 1.82) is 0 Å². The SMILES string of the molecule is CCCCCCCCCCCCCCCC(=O)OCC(COP(=O)([O-])OCC[N+](C)(C)Cc1cn(-c2ccc3c(c2)C(=O)OC32c3ccc(NC(=O)c4ccccc4SSc4ccccn4)cc3Oc3cc(OC(=O)c4ccccc4SSc4ccccn4)ccc32)nn1)OC(=O)CCCCCCCCCCCCCCC. The van der Waals surface area contributed by atoms with Crippen molar-refractivity contribution in [3.05, 3.63) is 197 Å². The molecule has 2 aliphatic heterocycles. The third-order valence-electron chi connectivity index (χ3n) is 19.6. The lowest BCUT2D eigenvalue weighted by atomic mass is 9.77. The lowest BCUT2D eigenvalue weighted by molar-refractivity contribution is -0.904. The number of nitrogens with zero attached hydrogens (tertiary/aromatic N) is 6. The van der Waals surface area contributed by atoms with Crippen LogP contribution in [-0.4, -0.2) is 106 Å². The second-order valence-corrected chi connectivity index (χ2v) is 34.9. The van der Waals surface area contributed by atoms with Gasteiger partial charge in [-0.3, -0.25) is 18.9 Å². The minimum atomic E-state index is -4.96. The fraction of sp³-hybridized carbons (Fsp3) is 0.453. The van der Waals surface area contributed by atoms with E-state index in [1.807, 2.05) is 74.8 Å². The molecule has 598 valence electrons. The summed E-state index contributed by atoms with van der Waals surface area (Å²) >= 11 is 0. The molecular formula is C86H106N7O14PS4. The number of carbonyl (C=O) groups is 5. The van der Waals surface area contributed by atoms with E-state index in [-0.39, 0.29) is 72.3 Å². The van der Waals surface area contributed by atoms with E-state index < -0.39 is 50.0 Å². The number of unbranched alkanes of at least 4 members (excludes halogenated alkanes) is 24. The van der Waals surface area contributed by atoms with E-state index >= 15 is 0 Å². The van der Waals surface area contributed by atoms with Crippen LogP contribution in [0.5, 0.6) is 17.2 Å². The van der Waals surface area contributed by atoms with Gasteiger partial charge in [0.15, 0.2) is 11.7 Å². The van der Waals surface area contributed by atoms with Gasteiger partial charge >= 0.3 is 23.9 Å². The Kier molecular flexibility index (Phi) is 35.0. The summed E-state index contributed by atoms with van der Waals surface area (Å²) in [6.45, 7) is 3.73. The number of esters is 4. The maximum Gasteiger partial charge on any atom is 0.344 e. The number of hydrogen-bond donors (Lipinski definition) is 1. The zero-order valence-electron chi connectivity index (χ0n) is 64.9. The maximum atomic E-state index is 14.6. The molecule has 1 spiro atoms. The Morgan fingerprint density at radius 1 is 0.580 bits per heavy atom. The first-order valence-corrected chi connectivity index (χ1v) is 45.5. The maximum absolute atomic E-state index is 14.6. The van der Waals surface area contributed by atoms with Gasteiger partial charge in [0.05, 0.1) is 49.3 Å². The number of amides is 1. The lowest BCUT2D eigenvalue weighted by Gasteiger charge is -2.36. The monoisotopic (exact) mass is 1620 g/mol. The summed E-state index contributed by atoms with van der Waals surface area (Å²) < 4.78 is 56.6. The van der Waals surface area contributed by atoms with Gasteiger partial charge in [-0.2, -0.15) is 0 Å². The first kappa shape index (κ1) is 86.6. The number of phosphoric ester groups is 1. The van der Waals surface area contributed by atoms with Gasteiger partial charge in [0.2, 0.25) is 0 Å². The number of pyridine rings is 2. The van der Waals surface area contributed by atoms with Crippen molar-refractivity contribution in [3.63, 3.8) is 0 Å². The van der Waals surface area contributed by atoms with Crippen LogP contribution in [0.3, 0.4) is 0 Å². The predicted molar refractivity (Wildman–Crippen MR) is 439 cm³/mol. The minimum Gasteiger partial charge on any atom is -0.756 e. The van der Waals surface area contributed by atoms with E-state index in [0.717, 1.165) is 53.5 Å². The largest absolute Gasteiger partial charge is 0.756 e. The van der Waals surface area contributed by atoms with Crippen LogP contribution < -0.4 is 19.7 Å². The van der Waals surface area contributed by atoms with E-state index in [2.05, 4.69) is 39.4 Å². The summed E-state index contributed by atoms with van der Waals surface area (Å²) in [7, 11) is 4.42. The number of benzene rings is 5. The Morgan fingerprint density at radius 3 is 1.70 bits per heavy atom. The summed E-state index contributed by atoms with van der Waals surface area (Å²) in [6.07, 6.45) is 34.7. The molecule has 1 N–H and O–H groups in total. The third kappa shape index (κ3) is 26.9. The number of aromatic nitrogens is 5. The van der Waals surface area contributed by atoms with Gasteiger partial charge in [-0.05, 0) is 119 Å². The number of ether oxygens (including phenoxy) is 5. The lowest BCUT2D eigenvalue weighted by Crippen LogP contribution is -2.41. The smallest absolute Gasteiger partial charge is 0.344 e. The number of rotatable bonds is 51. The van der Waals surface area contributed by atoms with E-state index in [1.165, 1.54) is 163 Å². The number of nitrogens with one attached hydrogen (secondary N) is 1. The summed E-state index contributed by atoms with van der Waals surface area (Å²) in [5.74, 6) is -1.98. The molecule has 21 nitrogen and oxygen atoms in total. The van der Waals surface area contributed by atoms with Crippen molar-refractivity contribution in [2.75, 3.05) is 45.8 Å². The molecule has 2 aliphatic rings. The third-order valence-corrected chi connectivity index (χ3v) is 25.3. The van der Waals surface area contributed by atoms with Gasteiger partial charge in [-0.15, -0.1) is 5.10 Å². The summed E-state index contributed by atoms with van der Waals surface area (Å²) in [6, 6.07) is 40.9. The fourth-order valence-corrected chi connectivity index (χ4v) is 18.4. The number of quaternary nitrogens is 1. The Morgan fingerprint density at radius 2 is 1.11 bits per heavy atom. The summed E-state index contributed by atoms with van der Waals surface area (Å²) in [5.41, 5.74) is 2.19. The molecule has 3 unspecified atom stereocenters. The van der Waals surface area contributed by atoms with Crippen LogP contribution in [0, 0.1) is 0 Å². The number of phosphoric acid groups is 1. The highest BCUT2D eigenvalue weighted by Crippen LogP contribution is 2.57. The quantitative estimate of drug-likeness (QED) is 0.00706. The molecule has 0 bridgehead atoms. The second-order valence-electron chi connectivity index (χ2n) is 29.1. The molecule has 8 aromatic rings. The second kappa shape index (κ2) is 45.3. The van der Waals surface area contributed by atoms with Gasteiger partial charge in [-0.25, -0.2) is 24.2 Å². The number of likely N-dealkylation sites (N-methyl/N-ethyl adjacent to an activating group) is 1. The molecule has 0 saturated heterocycles. The van der Waals surface area contributed by atoms with E-state index in [0.29, 0.717) is 62.6 Å². The molecule has 10 rings (SSSR count). The van der Waals surface area contributed by atoms with Gasteiger partial charge in [0, 0.05) is 69.5 Å². The van der Waals surface area contributed by atoms with Crippen molar-refractivity contribution >= 4 is 86.5 Å². The van der Waals surface area contributed by atoms with Crippen LogP contribution in [0.15, 0.2) is 178 Å². The molecule has 0 radical (unpaired) electrons. The van der Waals surface area contributed by atoms with Crippen molar-refractivity contribution in [2.24, 2.45) is 0 Å². The minimum absolute atomic E-state index is 0.144. The molecule has 5 heterocycles. The highest BCUT2D eigenvalue weighted by atomic mass is 33.1. The molecule has 0 aliphatic carbocycles. The number of hydrogen-bond acceptors (Lipinski definition) is 22. The molecule has 1 amide bonds. The highest BCUT2D eigenvalue weighted by molar-refractivity contribution is 8.77. The average molecular weight is 1620 g/mol. The molecule has 3 atom stereocenters. The van der Waals surface area contributed by atoms with Crippen LogP contribution >= 0.6 is 51.0 Å². The van der Waals surface area contributed by atoms with Crippen LogP contribution in [-0.2, 0) is 49.6 Å². The number of anilines is 1. The molecule has 3 aromatic heterocycles. The number of fused-ring (bicyclic) bond motifs is 6. The van der Waals surface area contributed by atoms with Gasteiger partial charge < -0.3 is 47.4 Å². The van der Waals surface area contributed by atoms with Gasteiger partial charge in [0.25, 0.3) is 13.7 Å². The van der Waals surface area contributed by atoms with E-state index in [1.54, 1.807) is 97.5 Å². The Balaban J connectivity index is 0.767. The van der Waals surface area contributed by atoms with Crippen LogP contribution in [0.2, 0.25) is 0 Å². The first-order valence-electron chi connectivity index (χ1n) is 39.8.